The van der Waals surface area contributed by atoms with Crippen molar-refractivity contribution in [2.24, 2.45) is 4.99 Å². The van der Waals surface area contributed by atoms with E-state index in [-0.39, 0.29) is 23.3 Å². The highest BCUT2D eigenvalue weighted by Crippen LogP contribution is 2.42. The maximum Gasteiger partial charge on any atom is 0.188 e. The Labute approximate surface area is 117 Å². The smallest absolute Gasteiger partial charge is 0.188 e. The average Bonchev–Trinajstić information content (AvgIpc) is 2.68. The van der Waals surface area contributed by atoms with E-state index >= 15 is 0 Å². The predicted molar refractivity (Wildman–Crippen MR) is 79.1 cm³/mol. The normalized spacial score (nSPS) is 33.7. The molecule has 0 aromatic rings. The van der Waals surface area contributed by atoms with E-state index in [9.17, 15) is 4.80 Å². The fourth-order valence-electron chi connectivity index (χ4n) is 2.56. The summed E-state index contributed by atoms with van der Waals surface area (Å²) in [5.74, 6) is -0.499. The van der Waals surface area contributed by atoms with E-state index in [0.29, 0.717) is 0 Å². The van der Waals surface area contributed by atoms with Crippen molar-refractivity contribution in [1.29, 1.82) is 0 Å². The van der Waals surface area contributed by atoms with Crippen molar-refractivity contribution >= 4 is 14.5 Å². The summed E-state index contributed by atoms with van der Waals surface area (Å²) in [7, 11) is -2.14. The van der Waals surface area contributed by atoms with E-state index in [0.717, 1.165) is 12.8 Å². The Bertz CT molecular complexity index is 373. The molecule has 2 heterocycles. The molecule has 0 aromatic heterocycles. The van der Waals surface area contributed by atoms with Crippen LogP contribution in [0.5, 0.6) is 0 Å². The second kappa shape index (κ2) is 4.65. The minimum Gasteiger partial charge on any atom is -0.432 e. The standard InChI is InChI=1S/C14H27NO3Si/c1-13(2,19(5,6)16)8-7-10-12-11(9-15-10)17-14(3,4)18-12/h9-12,16H,7-8H2,1-6H3/t10-,11+,12-/m1/s1. The van der Waals surface area contributed by atoms with Gasteiger partial charge in [-0.2, -0.15) is 0 Å². The van der Waals surface area contributed by atoms with E-state index in [2.05, 4.69) is 18.8 Å². The van der Waals surface area contributed by atoms with Crippen LogP contribution in [0.2, 0.25) is 18.1 Å². The second-order valence-electron chi connectivity index (χ2n) is 7.41. The quantitative estimate of drug-likeness (QED) is 0.808. The third kappa shape index (κ3) is 3.10. The van der Waals surface area contributed by atoms with Crippen molar-refractivity contribution in [3.8, 4) is 0 Å². The lowest BCUT2D eigenvalue weighted by Crippen LogP contribution is -2.40. The zero-order valence-electron chi connectivity index (χ0n) is 12.9. The van der Waals surface area contributed by atoms with Crippen LogP contribution in [-0.2, 0) is 9.47 Å². The Morgan fingerprint density at radius 3 is 2.53 bits per heavy atom. The Hall–Kier alpha value is -0.233. The van der Waals surface area contributed by atoms with Gasteiger partial charge in [0.15, 0.2) is 14.1 Å². The third-order valence-corrected chi connectivity index (χ3v) is 8.25. The summed E-state index contributed by atoms with van der Waals surface area (Å²) >= 11 is 0. The minimum absolute atomic E-state index is 0.00231. The number of aliphatic imine (C=N–C) groups is 1. The van der Waals surface area contributed by atoms with E-state index in [4.69, 9.17) is 9.47 Å². The number of nitrogens with zero attached hydrogens (tertiary/aromatic N) is 1. The van der Waals surface area contributed by atoms with Gasteiger partial charge in [-0.15, -0.1) is 0 Å². The third-order valence-electron chi connectivity index (χ3n) is 4.69. The molecule has 1 fully saturated rings. The van der Waals surface area contributed by atoms with Crippen molar-refractivity contribution in [2.75, 3.05) is 0 Å². The molecule has 1 saturated heterocycles. The van der Waals surface area contributed by atoms with Crippen LogP contribution in [0.25, 0.3) is 0 Å². The second-order valence-corrected chi connectivity index (χ2v) is 11.9. The first-order valence-corrected chi connectivity index (χ1v) is 10.1. The van der Waals surface area contributed by atoms with E-state index in [1.807, 2.05) is 33.2 Å². The molecule has 2 aliphatic rings. The molecule has 0 aliphatic carbocycles. The summed E-state index contributed by atoms with van der Waals surface area (Å²) in [6.45, 7) is 12.2. The molecule has 0 bridgehead atoms. The number of rotatable bonds is 4. The highest BCUT2D eigenvalue weighted by Gasteiger charge is 2.48. The first-order chi connectivity index (χ1) is 8.52. The zero-order chi connectivity index (χ0) is 14.5. The molecule has 2 rings (SSSR count). The number of ether oxygens (including phenoxy) is 2. The van der Waals surface area contributed by atoms with Gasteiger partial charge in [0.1, 0.15) is 12.2 Å². The molecular formula is C14H27NO3Si. The van der Waals surface area contributed by atoms with Gasteiger partial charge in [-0.1, -0.05) is 13.8 Å². The van der Waals surface area contributed by atoms with Crippen LogP contribution in [0.3, 0.4) is 0 Å². The first-order valence-electron chi connectivity index (χ1n) is 7.13. The van der Waals surface area contributed by atoms with Gasteiger partial charge >= 0.3 is 0 Å². The van der Waals surface area contributed by atoms with Gasteiger partial charge in [-0.05, 0) is 44.8 Å². The lowest BCUT2D eigenvalue weighted by atomic mass is 9.99. The Balaban J connectivity index is 1.94. The summed E-state index contributed by atoms with van der Waals surface area (Å²) in [6, 6.07) is 0.169. The molecule has 19 heavy (non-hydrogen) atoms. The molecule has 1 N–H and O–H groups in total. The maximum absolute atomic E-state index is 10.3. The van der Waals surface area contributed by atoms with Gasteiger partial charge in [0.25, 0.3) is 0 Å². The molecule has 0 amide bonds. The summed E-state index contributed by atoms with van der Waals surface area (Å²) in [6.07, 6.45) is 3.86. The molecule has 5 heteroatoms. The highest BCUT2D eigenvalue weighted by molar-refractivity contribution is 6.72. The fraction of sp³-hybridized carbons (Fsp3) is 0.929. The minimum atomic E-state index is -2.14. The van der Waals surface area contributed by atoms with Gasteiger partial charge in [0.05, 0.1) is 6.04 Å². The topological polar surface area (TPSA) is 51.0 Å². The molecule has 0 aromatic carbocycles. The van der Waals surface area contributed by atoms with Crippen LogP contribution in [0.4, 0.5) is 0 Å². The van der Waals surface area contributed by atoms with Crippen molar-refractivity contribution in [1.82, 2.24) is 0 Å². The zero-order valence-corrected chi connectivity index (χ0v) is 13.9. The molecule has 4 nitrogen and oxygen atoms in total. The van der Waals surface area contributed by atoms with Crippen LogP contribution in [0.1, 0.15) is 40.5 Å². The van der Waals surface area contributed by atoms with Crippen LogP contribution in [0.15, 0.2) is 4.99 Å². The van der Waals surface area contributed by atoms with Gasteiger partial charge in [0.2, 0.25) is 0 Å². The Morgan fingerprint density at radius 2 is 1.95 bits per heavy atom. The summed E-state index contributed by atoms with van der Waals surface area (Å²) in [5.41, 5.74) is 0. The molecule has 0 spiro atoms. The summed E-state index contributed by atoms with van der Waals surface area (Å²) in [4.78, 5) is 14.9. The largest absolute Gasteiger partial charge is 0.432 e. The van der Waals surface area contributed by atoms with Crippen molar-refractivity contribution < 1.29 is 14.3 Å². The van der Waals surface area contributed by atoms with Crippen LogP contribution >= 0.6 is 0 Å². The average molecular weight is 285 g/mol. The van der Waals surface area contributed by atoms with E-state index < -0.39 is 14.1 Å². The highest BCUT2D eigenvalue weighted by atomic mass is 28.4. The van der Waals surface area contributed by atoms with Crippen LogP contribution < -0.4 is 0 Å². The summed E-state index contributed by atoms with van der Waals surface area (Å²) < 4.78 is 11.7. The van der Waals surface area contributed by atoms with Crippen molar-refractivity contribution in [2.45, 2.75) is 82.7 Å². The number of fused-ring (bicyclic) bond motifs is 1. The Morgan fingerprint density at radius 1 is 1.32 bits per heavy atom. The maximum atomic E-state index is 10.3. The molecule has 0 unspecified atom stereocenters. The van der Waals surface area contributed by atoms with Gasteiger partial charge in [0, 0.05) is 6.21 Å². The molecule has 0 radical (unpaired) electrons. The first kappa shape index (κ1) is 15.2. The van der Waals surface area contributed by atoms with E-state index in [1.54, 1.807) is 0 Å². The monoisotopic (exact) mass is 285 g/mol. The molecule has 3 atom stereocenters. The predicted octanol–water partition coefficient (Wildman–Crippen LogP) is 2.72. The SMILES string of the molecule is CC1(C)O[C@H]2[C@H](C=N[C@@H]2CCC(C)(C)[Si](C)(C)O)O1. The molecular weight excluding hydrogens is 258 g/mol. The lowest BCUT2D eigenvalue weighted by Gasteiger charge is -2.36. The molecule has 0 saturated carbocycles. The van der Waals surface area contributed by atoms with Gasteiger partial charge in [-0.3, -0.25) is 4.99 Å². The molecule has 110 valence electrons. The van der Waals surface area contributed by atoms with Gasteiger partial charge < -0.3 is 14.3 Å². The summed E-state index contributed by atoms with van der Waals surface area (Å²) in [5, 5.41) is -0.00438. The van der Waals surface area contributed by atoms with Crippen LogP contribution in [0, 0.1) is 0 Å². The van der Waals surface area contributed by atoms with Crippen LogP contribution in [-0.4, -0.2) is 43.4 Å². The fourth-order valence-corrected chi connectivity index (χ4v) is 3.32. The number of hydrogen-bond donors (Lipinski definition) is 1. The number of hydrogen-bond acceptors (Lipinski definition) is 4. The molecule has 2 aliphatic heterocycles. The van der Waals surface area contributed by atoms with Crippen molar-refractivity contribution in [3.05, 3.63) is 0 Å². The van der Waals surface area contributed by atoms with Gasteiger partial charge in [-0.25, -0.2) is 0 Å². The van der Waals surface area contributed by atoms with Crippen molar-refractivity contribution in [3.63, 3.8) is 0 Å². The lowest BCUT2D eigenvalue weighted by molar-refractivity contribution is -0.144. The van der Waals surface area contributed by atoms with E-state index in [1.165, 1.54) is 0 Å². The Kier molecular flexibility index (Phi) is 3.71.